The summed E-state index contributed by atoms with van der Waals surface area (Å²) in [5.74, 6) is 0.500. The molecule has 0 aliphatic heterocycles. The van der Waals surface area contributed by atoms with Gasteiger partial charge in [-0.25, -0.2) is 0 Å². The molecule has 1 aliphatic carbocycles. The summed E-state index contributed by atoms with van der Waals surface area (Å²) < 4.78 is 0. The molecule has 0 unspecified atom stereocenters. The Bertz CT molecular complexity index is 413. The molecule has 0 spiro atoms. The maximum atomic E-state index is 10.4. The second-order valence-corrected chi connectivity index (χ2v) is 5.92. The standard InChI is InChI=1S/C15H19ClN.BrH.Mg/c1-11(2)10-14(17)15(8-3-9-15)12-4-6-13(16)7-5-12;;/h4-7,11H,3,8-10H2,1-2H3;1H;/q-1;;+2/p-1. The fourth-order valence-electron chi connectivity index (χ4n) is 2.63. The van der Waals surface area contributed by atoms with E-state index in [2.05, 4.69) is 26.0 Å². The third kappa shape index (κ3) is 4.20. The van der Waals surface area contributed by atoms with Gasteiger partial charge >= 0.3 is 23.1 Å². The van der Waals surface area contributed by atoms with E-state index in [4.69, 9.17) is 11.6 Å². The molecular formula is C15H19BrClMgN. The zero-order valence-corrected chi connectivity index (χ0v) is 15.4. The zero-order chi connectivity index (χ0) is 12.5. The van der Waals surface area contributed by atoms with Crippen LogP contribution in [0.3, 0.4) is 0 Å². The molecule has 1 fully saturated rings. The summed E-state index contributed by atoms with van der Waals surface area (Å²) in [6.45, 7) is 4.29. The number of benzene rings is 1. The van der Waals surface area contributed by atoms with Gasteiger partial charge in [0.1, 0.15) is 0 Å². The Kier molecular flexibility index (Phi) is 8.19. The molecule has 0 saturated heterocycles. The second kappa shape index (κ2) is 8.01. The quantitative estimate of drug-likeness (QED) is 0.578. The van der Waals surface area contributed by atoms with Crippen molar-refractivity contribution in [1.82, 2.24) is 0 Å². The minimum Gasteiger partial charge on any atom is -1.00 e. The van der Waals surface area contributed by atoms with Crippen LogP contribution in [0, 0.1) is 5.92 Å². The van der Waals surface area contributed by atoms with Crippen LogP contribution in [0.15, 0.2) is 24.3 Å². The van der Waals surface area contributed by atoms with E-state index in [-0.39, 0.29) is 45.4 Å². The van der Waals surface area contributed by atoms with Gasteiger partial charge in [-0.05, 0) is 41.9 Å². The summed E-state index contributed by atoms with van der Waals surface area (Å²) in [6, 6.07) is 7.94. The molecule has 0 atom stereocenters. The average molecular weight is 353 g/mol. The van der Waals surface area contributed by atoms with Crippen molar-refractivity contribution in [3.8, 4) is 0 Å². The first-order valence-electron chi connectivity index (χ1n) is 6.36. The van der Waals surface area contributed by atoms with Crippen molar-refractivity contribution in [2.45, 2.75) is 44.9 Å². The Morgan fingerprint density at radius 2 is 1.79 bits per heavy atom. The average Bonchev–Trinajstić information content (AvgIpc) is 2.18. The molecular weight excluding hydrogens is 334 g/mol. The first-order chi connectivity index (χ1) is 8.04. The summed E-state index contributed by atoms with van der Waals surface area (Å²) in [5, 5.41) is 11.2. The van der Waals surface area contributed by atoms with Gasteiger partial charge in [-0.15, -0.1) is 0 Å². The first kappa shape index (κ1) is 19.4. The summed E-state index contributed by atoms with van der Waals surface area (Å²) in [6.07, 6.45) is 4.12. The van der Waals surface area contributed by atoms with Crippen LogP contribution in [0.1, 0.15) is 45.1 Å². The summed E-state index contributed by atoms with van der Waals surface area (Å²) >= 11 is 5.92. The van der Waals surface area contributed by atoms with Gasteiger partial charge in [0.25, 0.3) is 0 Å². The maximum Gasteiger partial charge on any atom is 2.00 e. The van der Waals surface area contributed by atoms with E-state index >= 15 is 0 Å². The number of rotatable bonds is 4. The molecule has 0 aromatic heterocycles. The molecule has 1 aliphatic rings. The topological polar surface area (TPSA) is 22.3 Å². The minimum absolute atomic E-state index is 0. The van der Waals surface area contributed by atoms with Gasteiger partial charge in [0.2, 0.25) is 0 Å². The fourth-order valence-corrected chi connectivity index (χ4v) is 2.75. The molecule has 1 aromatic rings. The Morgan fingerprint density at radius 3 is 2.16 bits per heavy atom. The third-order valence-corrected chi connectivity index (χ3v) is 4.01. The summed E-state index contributed by atoms with van der Waals surface area (Å²) in [7, 11) is 0. The molecule has 4 heteroatoms. The van der Waals surface area contributed by atoms with Gasteiger partial charge in [0, 0.05) is 5.02 Å². The van der Waals surface area contributed by atoms with Gasteiger partial charge in [-0.2, -0.15) is 5.71 Å². The van der Waals surface area contributed by atoms with E-state index in [1.807, 2.05) is 12.1 Å². The Hall–Kier alpha value is 0.426. The van der Waals surface area contributed by atoms with Crippen molar-refractivity contribution in [3.05, 3.63) is 40.3 Å². The van der Waals surface area contributed by atoms with Gasteiger partial charge in [-0.3, -0.25) is 0 Å². The molecule has 1 saturated carbocycles. The molecule has 100 valence electrons. The zero-order valence-electron chi connectivity index (χ0n) is 11.6. The molecule has 0 amide bonds. The molecule has 0 radical (unpaired) electrons. The number of hydrogen-bond donors (Lipinski definition) is 0. The Labute approximate surface area is 147 Å². The van der Waals surface area contributed by atoms with Crippen molar-refractivity contribution < 1.29 is 17.0 Å². The van der Waals surface area contributed by atoms with Crippen LogP contribution in [0.4, 0.5) is 0 Å². The van der Waals surface area contributed by atoms with Gasteiger partial charge < -0.3 is 22.4 Å². The van der Waals surface area contributed by atoms with Crippen LogP contribution in [-0.4, -0.2) is 28.8 Å². The van der Waals surface area contributed by atoms with Crippen molar-refractivity contribution in [1.29, 1.82) is 0 Å². The fraction of sp³-hybridized carbons (Fsp3) is 0.533. The van der Waals surface area contributed by atoms with Crippen LogP contribution in [0.5, 0.6) is 0 Å². The molecule has 0 N–H and O–H groups in total. The maximum absolute atomic E-state index is 10.4. The summed E-state index contributed by atoms with van der Waals surface area (Å²) in [4.78, 5) is 0. The van der Waals surface area contributed by atoms with E-state index < -0.39 is 0 Å². The molecule has 2 rings (SSSR count). The number of halogens is 2. The Balaban J connectivity index is 0.00000162. The molecule has 1 nitrogen and oxygen atoms in total. The predicted octanol–water partition coefficient (Wildman–Crippen LogP) is 1.44. The van der Waals surface area contributed by atoms with Crippen molar-refractivity contribution >= 4 is 40.4 Å². The smallest absolute Gasteiger partial charge is 1.00 e. The van der Waals surface area contributed by atoms with E-state index in [0.29, 0.717) is 11.6 Å². The van der Waals surface area contributed by atoms with E-state index in [0.717, 1.165) is 24.3 Å². The first-order valence-corrected chi connectivity index (χ1v) is 6.74. The van der Waals surface area contributed by atoms with Crippen LogP contribution >= 0.6 is 11.6 Å². The monoisotopic (exact) mass is 351 g/mol. The van der Waals surface area contributed by atoms with Crippen LogP contribution in [0.25, 0.3) is 5.41 Å². The van der Waals surface area contributed by atoms with Gasteiger partial charge in [0.05, 0.1) is 0 Å². The molecule has 19 heavy (non-hydrogen) atoms. The van der Waals surface area contributed by atoms with Crippen LogP contribution in [0.2, 0.25) is 5.02 Å². The normalized spacial score (nSPS) is 16.0. The van der Waals surface area contributed by atoms with Gasteiger partial charge in [0.15, 0.2) is 0 Å². The Morgan fingerprint density at radius 1 is 1.26 bits per heavy atom. The largest absolute Gasteiger partial charge is 2.00 e. The minimum atomic E-state index is -0.0884. The number of nitrogens with zero attached hydrogens (tertiary/aromatic N) is 1. The predicted molar refractivity (Wildman–Crippen MR) is 80.6 cm³/mol. The molecule has 1 aromatic carbocycles. The molecule has 0 bridgehead atoms. The SMILES string of the molecule is CC(C)CC(=[N-])C1(c2ccc(Cl)cc2)CCC1.[Br-].[Mg+2]. The second-order valence-electron chi connectivity index (χ2n) is 5.49. The van der Waals surface area contributed by atoms with E-state index in [1.165, 1.54) is 12.0 Å². The third-order valence-electron chi connectivity index (χ3n) is 3.76. The van der Waals surface area contributed by atoms with Crippen molar-refractivity contribution in [2.24, 2.45) is 5.92 Å². The van der Waals surface area contributed by atoms with Crippen molar-refractivity contribution in [2.75, 3.05) is 0 Å². The van der Waals surface area contributed by atoms with Crippen LogP contribution in [-0.2, 0) is 5.41 Å². The van der Waals surface area contributed by atoms with Crippen LogP contribution < -0.4 is 17.0 Å². The van der Waals surface area contributed by atoms with Crippen molar-refractivity contribution in [3.63, 3.8) is 0 Å². The van der Waals surface area contributed by atoms with E-state index in [9.17, 15) is 5.41 Å². The summed E-state index contributed by atoms with van der Waals surface area (Å²) in [5.41, 5.74) is 1.78. The molecule has 0 heterocycles. The van der Waals surface area contributed by atoms with E-state index in [1.54, 1.807) is 0 Å². The number of hydrogen-bond acceptors (Lipinski definition) is 0. The van der Waals surface area contributed by atoms with Gasteiger partial charge in [-0.1, -0.05) is 50.4 Å².